The molecule has 0 aliphatic heterocycles. The second-order valence-electron chi connectivity index (χ2n) is 5.84. The summed E-state index contributed by atoms with van der Waals surface area (Å²) in [6.07, 6.45) is 8.60. The van der Waals surface area contributed by atoms with Crippen molar-refractivity contribution in [3.8, 4) is 11.9 Å². The summed E-state index contributed by atoms with van der Waals surface area (Å²) in [4.78, 5) is 17.4. The first kappa shape index (κ1) is 15.7. The molecule has 0 aliphatic carbocycles. The zero-order valence-electron chi connectivity index (χ0n) is 14.0. The van der Waals surface area contributed by atoms with E-state index in [1.165, 1.54) is 0 Å². The number of nitrogens with zero attached hydrogens (tertiary/aromatic N) is 6. The summed E-state index contributed by atoms with van der Waals surface area (Å²) in [7, 11) is 0. The molecule has 3 heterocycles. The lowest BCUT2D eigenvalue weighted by Crippen LogP contribution is -2.09. The molecule has 7 nitrogen and oxygen atoms in total. The molecule has 3 aromatic heterocycles. The van der Waals surface area contributed by atoms with Gasteiger partial charge in [-0.3, -0.25) is 14.5 Å². The van der Waals surface area contributed by atoms with Crippen LogP contribution in [0.15, 0.2) is 61.4 Å². The maximum absolute atomic E-state index is 9.12. The monoisotopic (exact) mass is 341 g/mol. The minimum atomic E-state index is 0.0398. The molecule has 0 saturated carbocycles. The van der Waals surface area contributed by atoms with Gasteiger partial charge in [-0.1, -0.05) is 6.07 Å². The lowest BCUT2D eigenvalue weighted by atomic mass is 10.1. The predicted octanol–water partition coefficient (Wildman–Crippen LogP) is 3.26. The van der Waals surface area contributed by atoms with Crippen molar-refractivity contribution >= 4 is 16.9 Å². The molecule has 0 radical (unpaired) electrons. The topological polar surface area (TPSA) is 92.3 Å². The number of hydrogen-bond donors (Lipinski definition) is 1. The molecule has 0 aliphatic rings. The molecule has 0 bridgehead atoms. The fourth-order valence-electron chi connectivity index (χ4n) is 2.74. The average Bonchev–Trinajstić information content (AvgIpc) is 3.12. The van der Waals surface area contributed by atoms with Crippen molar-refractivity contribution in [2.75, 3.05) is 5.32 Å². The number of imidazole rings is 1. The van der Waals surface area contributed by atoms with Crippen molar-refractivity contribution in [1.29, 1.82) is 5.26 Å². The van der Waals surface area contributed by atoms with E-state index in [9.17, 15) is 0 Å². The van der Waals surface area contributed by atoms with E-state index in [1.807, 2.05) is 35.9 Å². The lowest BCUT2D eigenvalue weighted by Gasteiger charge is -2.15. The quantitative estimate of drug-likeness (QED) is 0.612. The van der Waals surface area contributed by atoms with Crippen molar-refractivity contribution in [3.05, 3.63) is 72.6 Å². The van der Waals surface area contributed by atoms with Gasteiger partial charge in [0.1, 0.15) is 12.1 Å². The van der Waals surface area contributed by atoms with E-state index in [0.717, 1.165) is 16.6 Å². The molecule has 0 fully saturated rings. The zero-order chi connectivity index (χ0) is 17.9. The van der Waals surface area contributed by atoms with Crippen LogP contribution in [0.1, 0.15) is 24.1 Å². The van der Waals surface area contributed by atoms with E-state index in [0.29, 0.717) is 17.2 Å². The molecule has 0 saturated heterocycles. The zero-order valence-corrected chi connectivity index (χ0v) is 14.0. The van der Waals surface area contributed by atoms with Crippen LogP contribution in [0.25, 0.3) is 16.9 Å². The van der Waals surface area contributed by atoms with Gasteiger partial charge in [-0.05, 0) is 36.8 Å². The van der Waals surface area contributed by atoms with Crippen molar-refractivity contribution in [2.45, 2.75) is 13.0 Å². The van der Waals surface area contributed by atoms with E-state index in [1.54, 1.807) is 37.1 Å². The molecule has 26 heavy (non-hydrogen) atoms. The van der Waals surface area contributed by atoms with E-state index in [-0.39, 0.29) is 6.04 Å². The van der Waals surface area contributed by atoms with Gasteiger partial charge in [-0.25, -0.2) is 9.97 Å². The molecule has 1 aromatic carbocycles. The molecule has 0 amide bonds. The molecule has 1 atom stereocenters. The first-order valence-electron chi connectivity index (χ1n) is 8.10. The van der Waals surface area contributed by atoms with Crippen molar-refractivity contribution in [3.63, 3.8) is 0 Å². The predicted molar refractivity (Wildman–Crippen MR) is 97.6 cm³/mol. The van der Waals surface area contributed by atoms with Crippen LogP contribution in [0, 0.1) is 11.3 Å². The van der Waals surface area contributed by atoms with Gasteiger partial charge >= 0.3 is 0 Å². The van der Waals surface area contributed by atoms with Gasteiger partial charge in [0, 0.05) is 12.4 Å². The largest absolute Gasteiger partial charge is 0.362 e. The molecule has 7 heteroatoms. The van der Waals surface area contributed by atoms with Crippen molar-refractivity contribution in [2.24, 2.45) is 0 Å². The number of nitrogens with one attached hydrogen (secondary N) is 1. The van der Waals surface area contributed by atoms with Crippen LogP contribution in [-0.2, 0) is 0 Å². The Labute approximate surface area is 150 Å². The maximum atomic E-state index is 9.12. The number of pyridine rings is 1. The molecule has 4 aromatic rings. The Hall–Kier alpha value is -3.79. The fourth-order valence-corrected chi connectivity index (χ4v) is 2.74. The van der Waals surface area contributed by atoms with Crippen LogP contribution < -0.4 is 5.32 Å². The summed E-state index contributed by atoms with van der Waals surface area (Å²) in [5.74, 6) is 1.28. The molecule has 1 N–H and O–H groups in total. The number of anilines is 1. The first-order valence-corrected chi connectivity index (χ1v) is 8.10. The number of rotatable bonds is 4. The van der Waals surface area contributed by atoms with Crippen molar-refractivity contribution in [1.82, 2.24) is 24.5 Å². The second kappa shape index (κ2) is 6.61. The third-order valence-electron chi connectivity index (χ3n) is 4.09. The Morgan fingerprint density at radius 3 is 2.88 bits per heavy atom. The van der Waals surface area contributed by atoms with E-state index >= 15 is 0 Å². The summed E-state index contributed by atoms with van der Waals surface area (Å²) in [6.45, 7) is 2.04. The molecule has 1 unspecified atom stereocenters. The summed E-state index contributed by atoms with van der Waals surface area (Å²) >= 11 is 0. The second-order valence-corrected chi connectivity index (χ2v) is 5.84. The van der Waals surface area contributed by atoms with Gasteiger partial charge in [-0.2, -0.15) is 5.26 Å². The highest BCUT2D eigenvalue weighted by Crippen LogP contribution is 2.20. The van der Waals surface area contributed by atoms with Crippen LogP contribution in [-0.4, -0.2) is 24.5 Å². The summed E-state index contributed by atoms with van der Waals surface area (Å²) in [6, 6.07) is 11.5. The van der Waals surface area contributed by atoms with E-state index in [2.05, 4.69) is 31.3 Å². The minimum Gasteiger partial charge on any atom is -0.362 e. The Kier molecular flexibility index (Phi) is 4.00. The Morgan fingerprint density at radius 1 is 1.15 bits per heavy atom. The number of aromatic nitrogens is 5. The normalized spacial score (nSPS) is 11.8. The first-order chi connectivity index (χ1) is 12.7. The van der Waals surface area contributed by atoms with Crippen LogP contribution in [0.5, 0.6) is 0 Å². The maximum Gasteiger partial charge on any atom is 0.159 e. The van der Waals surface area contributed by atoms with Crippen LogP contribution in [0.2, 0.25) is 0 Å². The van der Waals surface area contributed by atoms with E-state index in [4.69, 9.17) is 5.26 Å². The summed E-state index contributed by atoms with van der Waals surface area (Å²) in [5, 5.41) is 12.5. The van der Waals surface area contributed by atoms with Gasteiger partial charge in [0.2, 0.25) is 0 Å². The number of nitriles is 1. The molecular formula is C19H15N7. The third kappa shape index (κ3) is 2.96. The lowest BCUT2D eigenvalue weighted by molar-refractivity contribution is 0.858. The molecule has 4 rings (SSSR count). The standard InChI is InChI=1S/C19H15N7/c1-13(15-3-2-6-21-9-15)24-18-10-22-11-19(25-18)26-12-23-16-5-4-14(8-20)7-17(16)26/h2-7,9-13H,1H3,(H,24,25). The third-order valence-corrected chi connectivity index (χ3v) is 4.09. The summed E-state index contributed by atoms with van der Waals surface area (Å²) < 4.78 is 1.82. The number of hydrogen-bond acceptors (Lipinski definition) is 6. The highest BCUT2D eigenvalue weighted by atomic mass is 15.2. The minimum absolute atomic E-state index is 0.0398. The van der Waals surface area contributed by atoms with Crippen LogP contribution in [0.4, 0.5) is 5.82 Å². The molecule has 0 spiro atoms. The average molecular weight is 341 g/mol. The highest BCUT2D eigenvalue weighted by molar-refractivity contribution is 5.78. The number of fused-ring (bicyclic) bond motifs is 1. The Morgan fingerprint density at radius 2 is 2.08 bits per heavy atom. The SMILES string of the molecule is CC(Nc1cncc(-n2cnc3ccc(C#N)cc32)n1)c1cccnc1. The number of benzene rings is 1. The van der Waals surface area contributed by atoms with Gasteiger partial charge < -0.3 is 5.32 Å². The van der Waals surface area contributed by atoms with Gasteiger partial charge in [0.05, 0.1) is 41.1 Å². The van der Waals surface area contributed by atoms with Gasteiger partial charge in [-0.15, -0.1) is 0 Å². The van der Waals surface area contributed by atoms with Crippen LogP contribution >= 0.6 is 0 Å². The smallest absolute Gasteiger partial charge is 0.159 e. The Bertz CT molecular complexity index is 1100. The van der Waals surface area contributed by atoms with Gasteiger partial charge in [0.15, 0.2) is 5.82 Å². The van der Waals surface area contributed by atoms with Crippen molar-refractivity contribution < 1.29 is 0 Å². The molecular weight excluding hydrogens is 326 g/mol. The van der Waals surface area contributed by atoms with Gasteiger partial charge in [0.25, 0.3) is 0 Å². The molecule has 126 valence electrons. The summed E-state index contributed by atoms with van der Waals surface area (Å²) in [5.41, 5.74) is 3.25. The fraction of sp³-hybridized carbons (Fsp3) is 0.105. The highest BCUT2D eigenvalue weighted by Gasteiger charge is 2.10. The Balaban J connectivity index is 1.67. The van der Waals surface area contributed by atoms with Crippen LogP contribution in [0.3, 0.4) is 0 Å². The van der Waals surface area contributed by atoms with E-state index < -0.39 is 0 Å².